The molecule has 0 saturated carbocycles. The summed E-state index contributed by atoms with van der Waals surface area (Å²) >= 11 is 13.4. The van der Waals surface area contributed by atoms with Crippen molar-refractivity contribution in [2.45, 2.75) is 17.7 Å². The number of hydrogen-bond donors (Lipinski definition) is 1. The van der Waals surface area contributed by atoms with E-state index in [-0.39, 0.29) is 35.3 Å². The highest BCUT2D eigenvalue weighted by Crippen LogP contribution is 2.38. The number of fused-ring (bicyclic) bond motifs is 1. The number of hydrogen-bond acceptors (Lipinski definition) is 4. The van der Waals surface area contributed by atoms with Crippen molar-refractivity contribution in [3.63, 3.8) is 0 Å². The Kier molecular flexibility index (Phi) is 6.18. The van der Waals surface area contributed by atoms with Crippen LogP contribution in [0.1, 0.15) is 12.8 Å². The molecule has 0 aromatic heterocycles. The van der Waals surface area contributed by atoms with Gasteiger partial charge in [-0.1, -0.05) is 41.4 Å². The van der Waals surface area contributed by atoms with Gasteiger partial charge in [-0.2, -0.15) is 0 Å². The highest BCUT2D eigenvalue weighted by atomic mass is 35.5. The average Bonchev–Trinajstić information content (AvgIpc) is 3.01. The van der Waals surface area contributed by atoms with Gasteiger partial charge in [-0.25, -0.2) is 0 Å². The van der Waals surface area contributed by atoms with Crippen molar-refractivity contribution < 1.29 is 14.4 Å². The quantitative estimate of drug-likeness (QED) is 0.379. The Morgan fingerprint density at radius 3 is 2.27 bits per heavy atom. The Morgan fingerprint density at radius 1 is 1.00 bits per heavy atom. The summed E-state index contributed by atoms with van der Waals surface area (Å²) in [7, 11) is 0. The molecule has 1 aliphatic heterocycles. The summed E-state index contributed by atoms with van der Waals surface area (Å²) in [4.78, 5) is 39.7. The number of halogens is 2. The van der Waals surface area contributed by atoms with E-state index in [0.29, 0.717) is 34.3 Å². The van der Waals surface area contributed by atoms with Crippen molar-refractivity contribution in [3.8, 4) is 0 Å². The van der Waals surface area contributed by atoms with Crippen LogP contribution in [0.3, 0.4) is 0 Å². The lowest BCUT2D eigenvalue weighted by Crippen LogP contribution is -2.30. The summed E-state index contributed by atoms with van der Waals surface area (Å²) < 4.78 is 0. The number of benzene rings is 2. The van der Waals surface area contributed by atoms with Crippen LogP contribution >= 0.6 is 35.0 Å². The molecular weight excluding hydrogens is 443 g/mol. The van der Waals surface area contributed by atoms with Crippen LogP contribution in [-0.2, 0) is 14.4 Å². The minimum Gasteiger partial charge on any atom is -0.324 e. The van der Waals surface area contributed by atoms with Crippen LogP contribution in [0, 0.1) is 11.8 Å². The molecule has 30 heavy (non-hydrogen) atoms. The Morgan fingerprint density at radius 2 is 1.63 bits per heavy atom. The lowest BCUT2D eigenvalue weighted by Gasteiger charge is -2.15. The van der Waals surface area contributed by atoms with Gasteiger partial charge in [0.1, 0.15) is 0 Å². The molecule has 3 amide bonds. The lowest BCUT2D eigenvalue weighted by atomic mass is 9.85. The van der Waals surface area contributed by atoms with Gasteiger partial charge in [0.15, 0.2) is 0 Å². The third kappa shape index (κ3) is 4.13. The van der Waals surface area contributed by atoms with Crippen molar-refractivity contribution in [2.75, 3.05) is 16.0 Å². The smallest absolute Gasteiger partial charge is 0.238 e. The topological polar surface area (TPSA) is 66.5 Å². The Balaban J connectivity index is 1.37. The molecule has 1 fully saturated rings. The molecule has 2 aromatic rings. The molecule has 1 aliphatic carbocycles. The zero-order valence-corrected chi connectivity index (χ0v) is 18.1. The largest absolute Gasteiger partial charge is 0.324 e. The number of rotatable bonds is 5. The number of carbonyl (C=O) groups excluding carboxylic acids is 3. The van der Waals surface area contributed by atoms with Crippen LogP contribution in [-0.4, -0.2) is 23.5 Å². The molecule has 2 aromatic carbocycles. The molecule has 4 rings (SSSR count). The standard InChI is InChI=1S/C22H18Cl2N2O3S/c23-17-6-3-7-18(20(17)24)25-19(27)12-30-14-10-8-13(9-11-14)26-21(28)15-4-1-2-5-16(15)22(26)29/h1-3,6-11,15-16H,4-5,12H2,(H,25,27)/t15-,16+. The van der Waals surface area contributed by atoms with Crippen LogP contribution in [0.25, 0.3) is 0 Å². The number of allylic oxidation sites excluding steroid dienone is 2. The predicted molar refractivity (Wildman–Crippen MR) is 120 cm³/mol. The van der Waals surface area contributed by atoms with Gasteiger partial charge >= 0.3 is 0 Å². The maximum absolute atomic E-state index is 12.7. The molecule has 1 N–H and O–H groups in total. The highest BCUT2D eigenvalue weighted by Gasteiger charge is 2.47. The zero-order valence-electron chi connectivity index (χ0n) is 15.8. The monoisotopic (exact) mass is 460 g/mol. The maximum atomic E-state index is 12.7. The molecule has 5 nitrogen and oxygen atoms in total. The SMILES string of the molecule is O=C(CSc1ccc(N2C(=O)[C@H]3CC=CC[C@H]3C2=O)cc1)Nc1cccc(Cl)c1Cl. The third-order valence-electron chi connectivity index (χ3n) is 5.20. The van der Waals surface area contributed by atoms with Gasteiger partial charge in [0.2, 0.25) is 17.7 Å². The van der Waals surface area contributed by atoms with Crippen LogP contribution in [0.2, 0.25) is 10.0 Å². The van der Waals surface area contributed by atoms with Crippen LogP contribution in [0.15, 0.2) is 59.5 Å². The first-order valence-electron chi connectivity index (χ1n) is 9.45. The first-order chi connectivity index (χ1) is 14.5. The van der Waals surface area contributed by atoms with Crippen molar-refractivity contribution in [3.05, 3.63) is 64.7 Å². The van der Waals surface area contributed by atoms with Crippen LogP contribution in [0.5, 0.6) is 0 Å². The summed E-state index contributed by atoms with van der Waals surface area (Å²) in [5.74, 6) is -0.800. The molecule has 0 unspecified atom stereocenters. The Hall–Kier alpha value is -2.28. The summed E-state index contributed by atoms with van der Waals surface area (Å²) in [5, 5.41) is 3.42. The molecular formula is C22H18Cl2N2O3S. The highest BCUT2D eigenvalue weighted by molar-refractivity contribution is 8.00. The number of carbonyl (C=O) groups is 3. The van der Waals surface area contributed by atoms with Gasteiger partial charge in [-0.15, -0.1) is 11.8 Å². The van der Waals surface area contributed by atoms with Crippen LogP contribution < -0.4 is 10.2 Å². The third-order valence-corrected chi connectivity index (χ3v) is 7.03. The lowest BCUT2D eigenvalue weighted by molar-refractivity contribution is -0.122. The normalized spacial score (nSPS) is 20.4. The minimum absolute atomic E-state index is 0.132. The van der Waals surface area contributed by atoms with Gasteiger partial charge in [0, 0.05) is 4.90 Å². The van der Waals surface area contributed by atoms with Gasteiger partial charge in [-0.05, 0) is 49.2 Å². The van der Waals surface area contributed by atoms with E-state index in [0.717, 1.165) is 4.90 Å². The Bertz CT molecular complexity index is 1010. The maximum Gasteiger partial charge on any atom is 0.238 e. The van der Waals surface area contributed by atoms with Crippen LogP contribution in [0.4, 0.5) is 11.4 Å². The Labute approximate surface area is 188 Å². The fourth-order valence-electron chi connectivity index (χ4n) is 3.68. The van der Waals surface area contributed by atoms with Gasteiger partial charge < -0.3 is 5.32 Å². The van der Waals surface area contributed by atoms with E-state index in [2.05, 4.69) is 5.32 Å². The van der Waals surface area contributed by atoms with Crippen molar-refractivity contribution in [1.82, 2.24) is 0 Å². The van der Waals surface area contributed by atoms with E-state index >= 15 is 0 Å². The predicted octanol–water partition coefficient (Wildman–Crippen LogP) is 5.18. The molecule has 0 bridgehead atoms. The number of amides is 3. The van der Waals surface area contributed by atoms with E-state index in [1.807, 2.05) is 12.2 Å². The number of imide groups is 1. The minimum atomic E-state index is -0.251. The molecule has 154 valence electrons. The first kappa shape index (κ1) is 21.0. The second kappa shape index (κ2) is 8.84. The fourth-order valence-corrected chi connectivity index (χ4v) is 4.73. The summed E-state index contributed by atoms with van der Waals surface area (Å²) in [6.07, 6.45) is 5.17. The second-order valence-corrected chi connectivity index (χ2v) is 8.93. The van der Waals surface area contributed by atoms with Gasteiger partial charge in [0.05, 0.1) is 39.0 Å². The summed E-state index contributed by atoms with van der Waals surface area (Å²) in [6, 6.07) is 12.1. The molecule has 2 atom stereocenters. The molecule has 1 saturated heterocycles. The number of nitrogens with zero attached hydrogens (tertiary/aromatic N) is 1. The van der Waals surface area contributed by atoms with E-state index in [1.165, 1.54) is 16.7 Å². The average molecular weight is 461 g/mol. The van der Waals surface area contributed by atoms with E-state index in [4.69, 9.17) is 23.2 Å². The molecule has 2 aliphatic rings. The van der Waals surface area contributed by atoms with Gasteiger partial charge in [0.25, 0.3) is 0 Å². The van der Waals surface area contributed by atoms with Crippen molar-refractivity contribution in [2.24, 2.45) is 11.8 Å². The van der Waals surface area contributed by atoms with Crippen molar-refractivity contribution >= 4 is 64.1 Å². The number of anilines is 2. The first-order valence-corrected chi connectivity index (χ1v) is 11.2. The van der Waals surface area contributed by atoms with E-state index in [1.54, 1.807) is 42.5 Å². The number of thioether (sulfide) groups is 1. The fraction of sp³-hybridized carbons (Fsp3) is 0.227. The molecule has 0 spiro atoms. The summed E-state index contributed by atoms with van der Waals surface area (Å²) in [6.45, 7) is 0. The number of nitrogens with one attached hydrogen (secondary N) is 1. The summed E-state index contributed by atoms with van der Waals surface area (Å²) in [5.41, 5.74) is 1.03. The van der Waals surface area contributed by atoms with E-state index in [9.17, 15) is 14.4 Å². The van der Waals surface area contributed by atoms with Gasteiger partial charge in [-0.3, -0.25) is 19.3 Å². The molecule has 0 radical (unpaired) electrons. The van der Waals surface area contributed by atoms with E-state index < -0.39 is 0 Å². The molecule has 8 heteroatoms. The molecule has 1 heterocycles. The zero-order chi connectivity index (χ0) is 21.3. The van der Waals surface area contributed by atoms with Crippen molar-refractivity contribution in [1.29, 1.82) is 0 Å². The second-order valence-electron chi connectivity index (χ2n) is 7.10.